The summed E-state index contributed by atoms with van der Waals surface area (Å²) < 4.78 is 0. The number of carbonyl (C=O) groups is 1. The molecule has 1 aliphatic carbocycles. The number of nitrogens with zero attached hydrogens (tertiary/aromatic N) is 2. The molecule has 1 amide bonds. The number of carbonyl (C=O) groups excluding carboxylic acids is 1. The Labute approximate surface area is 234 Å². The Morgan fingerprint density at radius 1 is 0.975 bits per heavy atom. The van der Waals surface area contributed by atoms with E-state index in [2.05, 4.69) is 44.5 Å². The van der Waals surface area contributed by atoms with Crippen LogP contribution in [-0.4, -0.2) is 53.9 Å². The molecular weight excluding hydrogens is 498 g/mol. The first kappa shape index (κ1) is 25.7. The van der Waals surface area contributed by atoms with Gasteiger partial charge in [-0.1, -0.05) is 55.2 Å². The van der Waals surface area contributed by atoms with Gasteiger partial charge < -0.3 is 25.6 Å². The highest BCUT2D eigenvalue weighted by atomic mass is 16.3. The first-order chi connectivity index (χ1) is 19.6. The molecule has 202 valence electrons. The first-order valence-corrected chi connectivity index (χ1v) is 14.0. The van der Waals surface area contributed by atoms with Gasteiger partial charge in [0.1, 0.15) is 0 Å². The maximum absolute atomic E-state index is 12.3. The Kier molecular flexibility index (Phi) is 7.51. The molecule has 6 rings (SSSR count). The quantitative estimate of drug-likeness (QED) is 0.219. The molecule has 2 fully saturated rings. The minimum absolute atomic E-state index is 0.0409. The summed E-state index contributed by atoms with van der Waals surface area (Å²) in [6.07, 6.45) is 4.36. The molecule has 4 N–H and O–H groups in total. The molecule has 7 nitrogen and oxygen atoms in total. The maximum Gasteiger partial charge on any atom is 0.296 e. The Morgan fingerprint density at radius 3 is 2.48 bits per heavy atom. The summed E-state index contributed by atoms with van der Waals surface area (Å²) in [6, 6.07) is 24.0. The topological polar surface area (TPSA) is 92.8 Å². The van der Waals surface area contributed by atoms with Gasteiger partial charge in [0.25, 0.3) is 5.91 Å². The first-order valence-electron chi connectivity index (χ1n) is 14.0. The number of anilines is 1. The molecular formula is C33H33N5O2. The standard InChI is InChI=1S/C33H33N5O2/c39-30(35-25-8-4-5-9-25)17-11-23-10-16-28-29(22-23)37-33(40)31(28)32(24-6-2-1-3-7-24)36-26-12-14-27(15-13-26)38-20-18-34-19-21-38/h1-3,6-7,10,12-16,22,25,34,37,40H,4-5,8-9,18-21H2,(H,35,39). The smallest absolute Gasteiger partial charge is 0.296 e. The van der Waals surface area contributed by atoms with E-state index in [0.29, 0.717) is 16.8 Å². The second-order valence-corrected chi connectivity index (χ2v) is 10.4. The van der Waals surface area contributed by atoms with E-state index >= 15 is 0 Å². The van der Waals surface area contributed by atoms with Crippen LogP contribution in [-0.2, 0) is 4.79 Å². The van der Waals surface area contributed by atoms with Crippen molar-refractivity contribution in [3.63, 3.8) is 0 Å². The molecule has 0 unspecified atom stereocenters. The van der Waals surface area contributed by atoms with Gasteiger partial charge in [0.2, 0.25) is 0 Å². The van der Waals surface area contributed by atoms with Gasteiger partial charge in [-0.3, -0.25) is 4.79 Å². The van der Waals surface area contributed by atoms with Crippen LogP contribution in [0, 0.1) is 11.8 Å². The summed E-state index contributed by atoms with van der Waals surface area (Å²) in [6.45, 7) is 3.94. The maximum atomic E-state index is 12.3. The molecule has 7 heteroatoms. The van der Waals surface area contributed by atoms with Gasteiger partial charge in [-0.2, -0.15) is 0 Å². The summed E-state index contributed by atoms with van der Waals surface area (Å²) in [4.78, 5) is 22.8. The number of benzene rings is 3. The summed E-state index contributed by atoms with van der Waals surface area (Å²) in [5.74, 6) is 5.48. The number of aromatic amines is 1. The minimum Gasteiger partial charge on any atom is -0.494 e. The van der Waals surface area contributed by atoms with E-state index in [-0.39, 0.29) is 17.8 Å². The van der Waals surface area contributed by atoms with Crippen molar-refractivity contribution in [2.24, 2.45) is 4.99 Å². The molecule has 2 aliphatic rings. The molecule has 0 radical (unpaired) electrons. The van der Waals surface area contributed by atoms with E-state index in [9.17, 15) is 9.90 Å². The van der Waals surface area contributed by atoms with Gasteiger partial charge in [0.05, 0.1) is 22.5 Å². The van der Waals surface area contributed by atoms with E-state index in [1.165, 1.54) is 5.69 Å². The van der Waals surface area contributed by atoms with Crippen LogP contribution >= 0.6 is 0 Å². The predicted octanol–water partition coefficient (Wildman–Crippen LogP) is 4.86. The van der Waals surface area contributed by atoms with Crippen molar-refractivity contribution >= 4 is 33.9 Å². The van der Waals surface area contributed by atoms with Crippen LogP contribution in [0.5, 0.6) is 5.88 Å². The molecule has 1 saturated carbocycles. The molecule has 3 aromatic carbocycles. The van der Waals surface area contributed by atoms with Crippen LogP contribution in [0.25, 0.3) is 10.9 Å². The highest BCUT2D eigenvalue weighted by molar-refractivity contribution is 6.22. The lowest BCUT2D eigenvalue weighted by Crippen LogP contribution is -2.43. The fourth-order valence-corrected chi connectivity index (χ4v) is 5.57. The Balaban J connectivity index is 1.32. The average Bonchev–Trinajstić information content (AvgIpc) is 3.62. The van der Waals surface area contributed by atoms with Crippen LogP contribution in [0.15, 0.2) is 77.8 Å². The van der Waals surface area contributed by atoms with Gasteiger partial charge in [0, 0.05) is 60.3 Å². The minimum atomic E-state index is -0.247. The second kappa shape index (κ2) is 11.7. The highest BCUT2D eigenvalue weighted by Gasteiger charge is 2.19. The molecule has 1 saturated heterocycles. The number of aromatic hydroxyl groups is 1. The summed E-state index contributed by atoms with van der Waals surface area (Å²) in [5.41, 5.74) is 5.62. The van der Waals surface area contributed by atoms with Gasteiger partial charge in [-0.25, -0.2) is 4.99 Å². The fraction of sp³-hybridized carbons (Fsp3) is 0.273. The second-order valence-electron chi connectivity index (χ2n) is 10.4. The number of rotatable bonds is 5. The van der Waals surface area contributed by atoms with Gasteiger partial charge in [-0.05, 0) is 49.2 Å². The van der Waals surface area contributed by atoms with Crippen molar-refractivity contribution in [3.8, 4) is 17.7 Å². The van der Waals surface area contributed by atoms with Crippen molar-refractivity contribution in [1.29, 1.82) is 0 Å². The molecule has 2 heterocycles. The lowest BCUT2D eigenvalue weighted by Gasteiger charge is -2.29. The number of hydrogen-bond donors (Lipinski definition) is 4. The number of aliphatic imine (C=N–C) groups is 1. The summed E-state index contributed by atoms with van der Waals surface area (Å²) >= 11 is 0. The average molecular weight is 532 g/mol. The fourth-order valence-electron chi connectivity index (χ4n) is 5.57. The number of piperazine rings is 1. The van der Waals surface area contributed by atoms with Crippen LogP contribution in [0.2, 0.25) is 0 Å². The zero-order chi connectivity index (χ0) is 27.3. The van der Waals surface area contributed by atoms with Crippen LogP contribution in [0.1, 0.15) is 42.4 Å². The molecule has 0 bridgehead atoms. The van der Waals surface area contributed by atoms with E-state index < -0.39 is 0 Å². The Morgan fingerprint density at radius 2 is 1.73 bits per heavy atom. The third-order valence-corrected chi connectivity index (χ3v) is 7.65. The van der Waals surface area contributed by atoms with Gasteiger partial charge in [-0.15, -0.1) is 0 Å². The third-order valence-electron chi connectivity index (χ3n) is 7.65. The lowest BCUT2D eigenvalue weighted by molar-refractivity contribution is -0.116. The van der Waals surface area contributed by atoms with Crippen molar-refractivity contribution in [2.45, 2.75) is 31.7 Å². The van der Waals surface area contributed by atoms with Crippen molar-refractivity contribution in [2.75, 3.05) is 31.1 Å². The van der Waals surface area contributed by atoms with Crippen LogP contribution in [0.3, 0.4) is 0 Å². The largest absolute Gasteiger partial charge is 0.494 e. The SMILES string of the molecule is O=C(C#Cc1ccc2c(C(=Nc3ccc(N4CCNCC4)cc3)c3ccccc3)c(O)[nH]c2c1)NC1CCCC1. The molecule has 1 aliphatic heterocycles. The molecule has 4 aromatic rings. The van der Waals surface area contributed by atoms with Crippen molar-refractivity contribution < 1.29 is 9.90 Å². The number of aromatic nitrogens is 1. The molecule has 1 aromatic heterocycles. The number of nitrogens with one attached hydrogen (secondary N) is 3. The number of H-pyrrole nitrogens is 1. The van der Waals surface area contributed by atoms with Crippen LogP contribution < -0.4 is 15.5 Å². The van der Waals surface area contributed by atoms with E-state index in [1.54, 1.807) is 0 Å². The van der Waals surface area contributed by atoms with Crippen molar-refractivity contribution in [1.82, 2.24) is 15.6 Å². The predicted molar refractivity (Wildman–Crippen MR) is 161 cm³/mol. The lowest BCUT2D eigenvalue weighted by atomic mass is 10.00. The van der Waals surface area contributed by atoms with E-state index in [0.717, 1.165) is 74.0 Å². The van der Waals surface area contributed by atoms with Gasteiger partial charge >= 0.3 is 0 Å². The molecule has 40 heavy (non-hydrogen) atoms. The van der Waals surface area contributed by atoms with E-state index in [4.69, 9.17) is 4.99 Å². The number of hydrogen-bond acceptors (Lipinski definition) is 5. The summed E-state index contributed by atoms with van der Waals surface area (Å²) in [5, 5.41) is 18.3. The highest BCUT2D eigenvalue weighted by Crippen LogP contribution is 2.32. The Hall–Kier alpha value is -4.54. The zero-order valence-electron chi connectivity index (χ0n) is 22.4. The third kappa shape index (κ3) is 5.73. The summed E-state index contributed by atoms with van der Waals surface area (Å²) in [7, 11) is 0. The Bertz CT molecular complexity index is 1580. The van der Waals surface area contributed by atoms with E-state index in [1.807, 2.05) is 60.7 Å². The van der Waals surface area contributed by atoms with Gasteiger partial charge in [0.15, 0.2) is 5.88 Å². The number of fused-ring (bicyclic) bond motifs is 1. The monoisotopic (exact) mass is 531 g/mol. The molecule has 0 atom stereocenters. The molecule has 0 spiro atoms. The van der Waals surface area contributed by atoms with Crippen LogP contribution in [0.4, 0.5) is 11.4 Å². The normalized spacial score (nSPS) is 16.1. The number of amides is 1. The van der Waals surface area contributed by atoms with Crippen molar-refractivity contribution in [3.05, 3.63) is 89.5 Å². The zero-order valence-corrected chi connectivity index (χ0v) is 22.4.